The van der Waals surface area contributed by atoms with Crippen molar-refractivity contribution in [2.75, 3.05) is 4.90 Å². The van der Waals surface area contributed by atoms with Gasteiger partial charge in [0.15, 0.2) is 0 Å². The number of hydrogen-bond acceptors (Lipinski definition) is 2. The van der Waals surface area contributed by atoms with E-state index in [4.69, 9.17) is 0 Å². The van der Waals surface area contributed by atoms with Gasteiger partial charge in [0.05, 0.1) is 23.3 Å². The van der Waals surface area contributed by atoms with E-state index in [0.29, 0.717) is 17.8 Å². The second-order valence-electron chi connectivity index (χ2n) is 7.30. The fraction of sp³-hybridized carbons (Fsp3) is 0.167. The van der Waals surface area contributed by atoms with Crippen LogP contribution in [0.15, 0.2) is 66.9 Å². The molecule has 152 valence electrons. The van der Waals surface area contributed by atoms with Crippen LogP contribution < -0.4 is 4.90 Å². The summed E-state index contributed by atoms with van der Waals surface area (Å²) < 4.78 is 15.4. The topological polar surface area (TPSA) is 58.4 Å². The number of aromatic nitrogens is 2. The van der Waals surface area contributed by atoms with E-state index < -0.39 is 6.09 Å². The molecular formula is C24H22FN3O2. The van der Waals surface area contributed by atoms with Gasteiger partial charge in [-0.3, -0.25) is 9.88 Å². The number of rotatable bonds is 5. The van der Waals surface area contributed by atoms with Gasteiger partial charge < -0.3 is 9.67 Å². The van der Waals surface area contributed by atoms with E-state index in [1.165, 1.54) is 17.0 Å². The number of nitrogens with zero attached hydrogens (tertiary/aromatic N) is 3. The summed E-state index contributed by atoms with van der Waals surface area (Å²) in [5.74, 6) is -0.352. The number of carbonyl (C=O) groups is 1. The van der Waals surface area contributed by atoms with Gasteiger partial charge in [-0.2, -0.15) is 0 Å². The van der Waals surface area contributed by atoms with Crippen molar-refractivity contribution in [3.63, 3.8) is 0 Å². The van der Waals surface area contributed by atoms with Gasteiger partial charge in [0.25, 0.3) is 0 Å². The van der Waals surface area contributed by atoms with Gasteiger partial charge in [-0.1, -0.05) is 42.5 Å². The molecule has 0 spiro atoms. The van der Waals surface area contributed by atoms with Crippen molar-refractivity contribution in [3.05, 3.63) is 95.1 Å². The van der Waals surface area contributed by atoms with Gasteiger partial charge in [-0.15, -0.1) is 0 Å². The Kier molecular flexibility index (Phi) is 5.23. The van der Waals surface area contributed by atoms with Crippen LogP contribution in [0.2, 0.25) is 0 Å². The molecule has 2 aromatic heterocycles. The van der Waals surface area contributed by atoms with Crippen LogP contribution in [-0.2, 0) is 13.1 Å². The van der Waals surface area contributed by atoms with E-state index in [1.54, 1.807) is 24.4 Å². The molecule has 4 aromatic rings. The number of halogens is 1. The smallest absolute Gasteiger partial charge is 0.412 e. The minimum atomic E-state index is -1.07. The highest BCUT2D eigenvalue weighted by Crippen LogP contribution is 2.33. The van der Waals surface area contributed by atoms with E-state index in [-0.39, 0.29) is 12.4 Å². The third-order valence-corrected chi connectivity index (χ3v) is 5.43. The lowest BCUT2D eigenvalue weighted by molar-refractivity contribution is 0.201. The second-order valence-corrected chi connectivity index (χ2v) is 7.30. The van der Waals surface area contributed by atoms with Crippen molar-refractivity contribution in [3.8, 4) is 0 Å². The minimum Gasteiger partial charge on any atom is -0.465 e. The summed E-state index contributed by atoms with van der Waals surface area (Å²) >= 11 is 0. The molecule has 6 heteroatoms. The first-order valence-corrected chi connectivity index (χ1v) is 9.69. The lowest BCUT2D eigenvalue weighted by Gasteiger charge is -2.22. The Bertz CT molecular complexity index is 1200. The fourth-order valence-corrected chi connectivity index (χ4v) is 3.74. The highest BCUT2D eigenvalue weighted by atomic mass is 19.1. The number of fused-ring (bicyclic) bond motifs is 1. The summed E-state index contributed by atoms with van der Waals surface area (Å²) in [6, 6.07) is 17.6. The first kappa shape index (κ1) is 19.6. The molecule has 0 saturated heterocycles. The normalized spacial score (nSPS) is 11.0. The van der Waals surface area contributed by atoms with Crippen molar-refractivity contribution in [1.29, 1.82) is 0 Å². The van der Waals surface area contributed by atoms with Crippen LogP contribution in [0.5, 0.6) is 0 Å². The summed E-state index contributed by atoms with van der Waals surface area (Å²) in [5.41, 5.74) is 6.01. The number of aryl methyl sites for hydroxylation is 1. The van der Waals surface area contributed by atoms with Crippen LogP contribution in [0, 0.1) is 19.7 Å². The van der Waals surface area contributed by atoms with Gasteiger partial charge in [-0.05, 0) is 48.7 Å². The molecule has 2 heterocycles. The van der Waals surface area contributed by atoms with E-state index >= 15 is 0 Å². The predicted octanol–water partition coefficient (Wildman–Crippen LogP) is 5.53. The van der Waals surface area contributed by atoms with Crippen molar-refractivity contribution < 1.29 is 14.3 Å². The molecule has 0 saturated carbocycles. The van der Waals surface area contributed by atoms with Gasteiger partial charge in [0.2, 0.25) is 0 Å². The zero-order valence-corrected chi connectivity index (χ0v) is 16.8. The molecule has 0 aliphatic heterocycles. The van der Waals surface area contributed by atoms with Crippen LogP contribution in [-0.4, -0.2) is 20.8 Å². The number of benzene rings is 2. The summed E-state index contributed by atoms with van der Waals surface area (Å²) in [6.45, 7) is 4.75. The molecule has 2 aromatic carbocycles. The maximum Gasteiger partial charge on any atom is 0.412 e. The average Bonchev–Trinajstić information content (AvgIpc) is 2.99. The van der Waals surface area contributed by atoms with E-state index in [0.717, 1.165) is 27.9 Å². The number of hydrogen-bond donors (Lipinski definition) is 1. The third kappa shape index (κ3) is 3.64. The maximum absolute atomic E-state index is 13.3. The number of carboxylic acid groups (broad SMARTS) is 1. The molecule has 1 amide bonds. The summed E-state index contributed by atoms with van der Waals surface area (Å²) in [5, 5.41) is 9.98. The van der Waals surface area contributed by atoms with Crippen LogP contribution >= 0.6 is 0 Å². The van der Waals surface area contributed by atoms with Crippen LogP contribution in [0.25, 0.3) is 11.0 Å². The van der Waals surface area contributed by atoms with E-state index in [9.17, 15) is 14.3 Å². The zero-order valence-electron chi connectivity index (χ0n) is 16.8. The molecule has 4 rings (SSSR count). The molecular weight excluding hydrogens is 381 g/mol. The van der Waals surface area contributed by atoms with Crippen LogP contribution in [0.1, 0.15) is 22.4 Å². The van der Waals surface area contributed by atoms with E-state index in [1.807, 2.05) is 44.2 Å². The molecule has 0 radical (unpaired) electrons. The first-order valence-electron chi connectivity index (χ1n) is 9.69. The standard InChI is InChI=1S/C24H22FN3O2/c1-16-17(2)27(14-18-6-4-3-5-7-18)23-21(12-13-26-22(16)23)28(24(29)30)15-19-8-10-20(25)11-9-19/h3-13H,14-15H2,1-2H3,(H,29,30). The highest BCUT2D eigenvalue weighted by Gasteiger charge is 2.23. The molecule has 0 aliphatic carbocycles. The Hall–Kier alpha value is -3.67. The summed E-state index contributed by atoms with van der Waals surface area (Å²) in [7, 11) is 0. The Morgan fingerprint density at radius 1 is 1.03 bits per heavy atom. The van der Waals surface area contributed by atoms with E-state index in [2.05, 4.69) is 9.55 Å². The zero-order chi connectivity index (χ0) is 21.3. The second kappa shape index (κ2) is 7.99. The predicted molar refractivity (Wildman–Crippen MR) is 115 cm³/mol. The maximum atomic E-state index is 13.3. The molecule has 30 heavy (non-hydrogen) atoms. The van der Waals surface area contributed by atoms with Crippen molar-refractivity contribution in [2.24, 2.45) is 0 Å². The average molecular weight is 403 g/mol. The monoisotopic (exact) mass is 403 g/mol. The first-order chi connectivity index (χ1) is 14.5. The van der Waals surface area contributed by atoms with Crippen LogP contribution in [0.3, 0.4) is 0 Å². The fourth-order valence-electron chi connectivity index (χ4n) is 3.74. The number of pyridine rings is 1. The third-order valence-electron chi connectivity index (χ3n) is 5.43. The van der Waals surface area contributed by atoms with Gasteiger partial charge in [-0.25, -0.2) is 9.18 Å². The summed E-state index contributed by atoms with van der Waals surface area (Å²) in [6.07, 6.45) is 0.562. The molecule has 0 fully saturated rings. The Morgan fingerprint density at radius 3 is 2.40 bits per heavy atom. The molecule has 0 bridgehead atoms. The lowest BCUT2D eigenvalue weighted by atomic mass is 10.2. The minimum absolute atomic E-state index is 0.114. The van der Waals surface area contributed by atoms with Crippen LogP contribution in [0.4, 0.5) is 14.9 Å². The largest absolute Gasteiger partial charge is 0.465 e. The summed E-state index contributed by atoms with van der Waals surface area (Å²) in [4.78, 5) is 18.0. The molecule has 1 N–H and O–H groups in total. The van der Waals surface area contributed by atoms with Gasteiger partial charge in [0.1, 0.15) is 5.82 Å². The Labute approximate surface area is 174 Å². The SMILES string of the molecule is Cc1c(C)n(Cc2ccccc2)c2c(N(Cc3ccc(F)cc3)C(=O)O)ccnc12. The lowest BCUT2D eigenvalue weighted by Crippen LogP contribution is -2.29. The van der Waals surface area contributed by atoms with Gasteiger partial charge in [0, 0.05) is 18.4 Å². The number of anilines is 1. The highest BCUT2D eigenvalue weighted by molar-refractivity contribution is 5.99. The quantitative estimate of drug-likeness (QED) is 0.477. The molecule has 5 nitrogen and oxygen atoms in total. The van der Waals surface area contributed by atoms with Crippen molar-refractivity contribution in [2.45, 2.75) is 26.9 Å². The Morgan fingerprint density at radius 2 is 1.73 bits per heavy atom. The van der Waals surface area contributed by atoms with Crippen molar-refractivity contribution >= 4 is 22.8 Å². The molecule has 0 aliphatic rings. The van der Waals surface area contributed by atoms with Gasteiger partial charge >= 0.3 is 6.09 Å². The molecule has 0 unspecified atom stereocenters. The van der Waals surface area contributed by atoms with Crippen molar-refractivity contribution in [1.82, 2.24) is 9.55 Å². The molecule has 0 atom stereocenters. The Balaban J connectivity index is 1.85. The number of amides is 1.